The molecule has 2 aromatic rings. The van der Waals surface area contributed by atoms with Crippen molar-refractivity contribution in [3.05, 3.63) is 70.3 Å². The molecule has 0 fully saturated rings. The van der Waals surface area contributed by atoms with Crippen LogP contribution in [0.15, 0.2) is 69.8 Å². The molecule has 0 atom stereocenters. The molecule has 7 nitrogen and oxygen atoms in total. The van der Waals surface area contributed by atoms with Crippen molar-refractivity contribution in [2.45, 2.75) is 13.8 Å². The van der Waals surface area contributed by atoms with Gasteiger partial charge in [-0.25, -0.2) is 9.79 Å². The SMILES string of the molecule is CCOC(=O)C1=C(O)/C(=C/c2ccc(OCC#N)c(OCC)c2)SC1=Nc1ccccc1. The summed E-state index contributed by atoms with van der Waals surface area (Å²) >= 11 is 1.18. The lowest BCUT2D eigenvalue weighted by atomic mass is 10.1. The minimum Gasteiger partial charge on any atom is -0.506 e. The zero-order valence-electron chi connectivity index (χ0n) is 17.7. The zero-order chi connectivity index (χ0) is 22.9. The summed E-state index contributed by atoms with van der Waals surface area (Å²) in [5.41, 5.74) is 1.41. The number of rotatable bonds is 8. The topological polar surface area (TPSA) is 101 Å². The number of thioether (sulfide) groups is 1. The summed E-state index contributed by atoms with van der Waals surface area (Å²) in [6.45, 7) is 4.05. The molecule has 1 heterocycles. The Balaban J connectivity index is 2.00. The van der Waals surface area contributed by atoms with E-state index >= 15 is 0 Å². The van der Waals surface area contributed by atoms with E-state index in [1.165, 1.54) is 11.8 Å². The highest BCUT2D eigenvalue weighted by Crippen LogP contribution is 2.41. The Labute approximate surface area is 190 Å². The molecule has 8 heteroatoms. The van der Waals surface area contributed by atoms with Crippen molar-refractivity contribution in [1.29, 1.82) is 5.26 Å². The molecule has 0 radical (unpaired) electrons. The Morgan fingerprint density at radius 1 is 1.12 bits per heavy atom. The lowest BCUT2D eigenvalue weighted by Gasteiger charge is -2.11. The number of esters is 1. The molecule has 1 N–H and O–H groups in total. The van der Waals surface area contributed by atoms with Crippen molar-refractivity contribution < 1.29 is 24.1 Å². The first-order valence-electron chi connectivity index (χ1n) is 9.98. The summed E-state index contributed by atoms with van der Waals surface area (Å²) < 4.78 is 16.1. The molecule has 164 valence electrons. The maximum Gasteiger partial charge on any atom is 0.344 e. The van der Waals surface area contributed by atoms with Crippen LogP contribution < -0.4 is 9.47 Å². The molecule has 2 aromatic carbocycles. The minimum absolute atomic E-state index is 0.0333. The Kier molecular flexibility index (Phi) is 7.95. The Morgan fingerprint density at radius 3 is 2.59 bits per heavy atom. The van der Waals surface area contributed by atoms with Crippen LogP contribution in [-0.2, 0) is 9.53 Å². The molecule has 3 rings (SSSR count). The monoisotopic (exact) mass is 450 g/mol. The van der Waals surface area contributed by atoms with Gasteiger partial charge in [-0.3, -0.25) is 0 Å². The molecule has 0 aliphatic carbocycles. The van der Waals surface area contributed by atoms with Crippen LogP contribution in [0.2, 0.25) is 0 Å². The number of aliphatic hydroxyl groups excluding tert-OH is 1. The van der Waals surface area contributed by atoms with Gasteiger partial charge in [-0.15, -0.1) is 0 Å². The van der Waals surface area contributed by atoms with Crippen molar-refractivity contribution in [3.63, 3.8) is 0 Å². The zero-order valence-corrected chi connectivity index (χ0v) is 18.5. The Morgan fingerprint density at radius 2 is 1.91 bits per heavy atom. The largest absolute Gasteiger partial charge is 0.506 e. The van der Waals surface area contributed by atoms with Crippen LogP contribution in [-0.4, -0.2) is 35.9 Å². The molecule has 0 bridgehead atoms. The number of nitrogens with zero attached hydrogens (tertiary/aromatic N) is 2. The highest BCUT2D eigenvalue weighted by molar-refractivity contribution is 8.18. The van der Waals surface area contributed by atoms with Gasteiger partial charge < -0.3 is 19.3 Å². The van der Waals surface area contributed by atoms with Gasteiger partial charge in [0, 0.05) is 0 Å². The van der Waals surface area contributed by atoms with Gasteiger partial charge in [-0.05, 0) is 49.8 Å². The van der Waals surface area contributed by atoms with Gasteiger partial charge in [0.2, 0.25) is 0 Å². The summed E-state index contributed by atoms with van der Waals surface area (Å²) in [5, 5.41) is 19.9. The van der Waals surface area contributed by atoms with Gasteiger partial charge >= 0.3 is 5.97 Å². The van der Waals surface area contributed by atoms with Gasteiger partial charge in [0.1, 0.15) is 22.4 Å². The minimum atomic E-state index is -0.633. The molecular formula is C24H22N2O5S. The fraction of sp³-hybridized carbons (Fsp3) is 0.208. The van der Waals surface area contributed by atoms with Crippen molar-refractivity contribution in [2.24, 2.45) is 4.99 Å². The molecule has 0 unspecified atom stereocenters. The number of carbonyl (C=O) groups excluding carboxylic acids is 1. The van der Waals surface area contributed by atoms with E-state index in [1.54, 1.807) is 31.2 Å². The summed E-state index contributed by atoms with van der Waals surface area (Å²) in [5.74, 6) is 0.108. The Bertz CT molecular complexity index is 1120. The van der Waals surface area contributed by atoms with E-state index in [2.05, 4.69) is 4.99 Å². The van der Waals surface area contributed by atoms with E-state index in [0.717, 1.165) is 5.56 Å². The smallest absolute Gasteiger partial charge is 0.344 e. The first kappa shape index (κ1) is 23.0. The van der Waals surface area contributed by atoms with Crippen molar-refractivity contribution >= 4 is 34.5 Å². The number of para-hydroxylation sites is 1. The first-order chi connectivity index (χ1) is 15.6. The molecule has 1 aliphatic heterocycles. The number of hydrogen-bond donors (Lipinski definition) is 1. The molecule has 32 heavy (non-hydrogen) atoms. The summed E-state index contributed by atoms with van der Waals surface area (Å²) in [6.07, 6.45) is 1.73. The molecule has 0 aromatic heterocycles. The summed E-state index contributed by atoms with van der Waals surface area (Å²) in [4.78, 5) is 17.5. The highest BCUT2D eigenvalue weighted by atomic mass is 32.2. The van der Waals surface area contributed by atoms with Crippen LogP contribution in [0.1, 0.15) is 19.4 Å². The predicted molar refractivity (Wildman–Crippen MR) is 124 cm³/mol. The van der Waals surface area contributed by atoms with Crippen LogP contribution in [0.25, 0.3) is 6.08 Å². The standard InChI is InChI=1S/C24H22N2O5S/c1-3-29-19-14-16(10-11-18(19)31-13-12-25)15-20-22(27)21(24(28)30-4-2)23(32-20)26-17-8-6-5-7-9-17/h5-11,14-15,27H,3-4,13H2,1-2H3/b20-15-,26-23?. The molecule has 0 saturated heterocycles. The number of nitriles is 1. The average molecular weight is 451 g/mol. The lowest BCUT2D eigenvalue weighted by Crippen LogP contribution is -2.12. The van der Waals surface area contributed by atoms with Gasteiger partial charge in [-0.1, -0.05) is 36.0 Å². The van der Waals surface area contributed by atoms with E-state index in [-0.39, 0.29) is 24.5 Å². The fourth-order valence-electron chi connectivity index (χ4n) is 2.87. The molecule has 0 amide bonds. The van der Waals surface area contributed by atoms with Gasteiger partial charge in [0.15, 0.2) is 18.1 Å². The third-order valence-corrected chi connectivity index (χ3v) is 5.23. The van der Waals surface area contributed by atoms with Gasteiger partial charge in [-0.2, -0.15) is 5.26 Å². The van der Waals surface area contributed by atoms with E-state index in [0.29, 0.717) is 33.7 Å². The van der Waals surface area contributed by atoms with E-state index < -0.39 is 5.97 Å². The number of ether oxygens (including phenoxy) is 3. The summed E-state index contributed by atoms with van der Waals surface area (Å²) in [7, 11) is 0. The average Bonchev–Trinajstić information content (AvgIpc) is 3.09. The third-order valence-electron chi connectivity index (χ3n) is 4.21. The fourth-order valence-corrected chi connectivity index (χ4v) is 3.91. The second kappa shape index (κ2) is 11.1. The second-order valence-electron chi connectivity index (χ2n) is 6.39. The maximum absolute atomic E-state index is 12.5. The first-order valence-corrected chi connectivity index (χ1v) is 10.8. The number of benzene rings is 2. The third kappa shape index (κ3) is 5.50. The van der Waals surface area contributed by atoms with Crippen LogP contribution in [0, 0.1) is 11.3 Å². The van der Waals surface area contributed by atoms with Crippen LogP contribution in [0.5, 0.6) is 11.5 Å². The number of hydrogen-bond acceptors (Lipinski definition) is 8. The van der Waals surface area contributed by atoms with Crippen LogP contribution in [0.3, 0.4) is 0 Å². The quantitative estimate of drug-likeness (QED) is 0.553. The van der Waals surface area contributed by atoms with Crippen LogP contribution in [0.4, 0.5) is 5.69 Å². The Hall–Kier alpha value is -3.70. The van der Waals surface area contributed by atoms with Crippen LogP contribution >= 0.6 is 11.8 Å². The maximum atomic E-state index is 12.5. The number of aliphatic hydroxyl groups is 1. The molecular weight excluding hydrogens is 428 g/mol. The van der Waals surface area contributed by atoms with Gasteiger partial charge in [0.05, 0.1) is 23.8 Å². The lowest BCUT2D eigenvalue weighted by molar-refractivity contribution is -0.138. The van der Waals surface area contributed by atoms with Crippen molar-refractivity contribution in [1.82, 2.24) is 0 Å². The van der Waals surface area contributed by atoms with Gasteiger partial charge in [0.25, 0.3) is 0 Å². The molecule has 0 spiro atoms. The number of aliphatic imine (C=N–C) groups is 1. The predicted octanol–water partition coefficient (Wildman–Crippen LogP) is 5.18. The van der Waals surface area contributed by atoms with E-state index in [4.69, 9.17) is 19.5 Å². The van der Waals surface area contributed by atoms with Crippen molar-refractivity contribution in [3.8, 4) is 17.6 Å². The van der Waals surface area contributed by atoms with E-state index in [9.17, 15) is 9.90 Å². The second-order valence-corrected chi connectivity index (χ2v) is 7.42. The number of carbonyl (C=O) groups is 1. The molecule has 1 aliphatic rings. The van der Waals surface area contributed by atoms with E-state index in [1.807, 2.05) is 43.3 Å². The van der Waals surface area contributed by atoms with Crippen molar-refractivity contribution in [2.75, 3.05) is 19.8 Å². The molecule has 0 saturated carbocycles. The normalized spacial score (nSPS) is 15.7. The summed E-state index contributed by atoms with van der Waals surface area (Å²) in [6, 6.07) is 16.3. The highest BCUT2D eigenvalue weighted by Gasteiger charge is 2.33.